The second kappa shape index (κ2) is 5.04. The average molecular weight is 242 g/mol. The zero-order valence-corrected chi connectivity index (χ0v) is 11.0. The first-order chi connectivity index (χ1) is 7.73. The normalized spacial score (nSPS) is 24.8. The summed E-state index contributed by atoms with van der Waals surface area (Å²) in [6.07, 6.45) is 0.400. The molecule has 1 unspecified atom stereocenters. The Kier molecular flexibility index (Phi) is 4.14. The van der Waals surface area contributed by atoms with Crippen LogP contribution in [0.2, 0.25) is 0 Å². The lowest BCUT2D eigenvalue weighted by Gasteiger charge is -2.45. The molecule has 1 atom stereocenters. The standard InChI is InChI=1S/C12H22N2O3/c1-8(2)14-7-12(3,4)13-11(17)9(14)5-6-10(15)16/h8-9H,5-7H2,1-4H3,(H,13,17)(H,15,16). The summed E-state index contributed by atoms with van der Waals surface area (Å²) in [4.78, 5) is 24.7. The molecule has 5 heteroatoms. The van der Waals surface area contributed by atoms with E-state index in [1.807, 2.05) is 27.7 Å². The molecule has 0 spiro atoms. The van der Waals surface area contributed by atoms with Crippen LogP contribution in [0.15, 0.2) is 0 Å². The second-order valence-corrected chi connectivity index (χ2v) is 5.59. The molecule has 0 aromatic carbocycles. The zero-order valence-electron chi connectivity index (χ0n) is 11.0. The van der Waals surface area contributed by atoms with Crippen molar-refractivity contribution in [2.45, 2.75) is 58.2 Å². The molecular weight excluding hydrogens is 220 g/mol. The van der Waals surface area contributed by atoms with E-state index in [4.69, 9.17) is 5.11 Å². The summed E-state index contributed by atoms with van der Waals surface area (Å²) in [7, 11) is 0. The van der Waals surface area contributed by atoms with Crippen LogP contribution in [-0.2, 0) is 9.59 Å². The molecule has 1 aliphatic heterocycles. The molecule has 0 saturated carbocycles. The van der Waals surface area contributed by atoms with Crippen molar-refractivity contribution < 1.29 is 14.7 Å². The lowest BCUT2D eigenvalue weighted by atomic mass is 9.94. The number of aliphatic carboxylic acids is 1. The second-order valence-electron chi connectivity index (χ2n) is 5.59. The van der Waals surface area contributed by atoms with Gasteiger partial charge < -0.3 is 10.4 Å². The van der Waals surface area contributed by atoms with Crippen molar-refractivity contribution in [2.75, 3.05) is 6.54 Å². The van der Waals surface area contributed by atoms with Gasteiger partial charge in [-0.2, -0.15) is 0 Å². The molecule has 1 rings (SSSR count). The first kappa shape index (κ1) is 14.0. The zero-order chi connectivity index (χ0) is 13.2. The quantitative estimate of drug-likeness (QED) is 0.766. The van der Waals surface area contributed by atoms with Crippen molar-refractivity contribution in [3.05, 3.63) is 0 Å². The first-order valence-corrected chi connectivity index (χ1v) is 6.02. The number of piperazine rings is 1. The molecule has 1 fully saturated rings. The van der Waals surface area contributed by atoms with Crippen molar-refractivity contribution in [1.82, 2.24) is 10.2 Å². The van der Waals surface area contributed by atoms with Crippen molar-refractivity contribution in [3.8, 4) is 0 Å². The molecule has 1 amide bonds. The molecule has 2 N–H and O–H groups in total. The Morgan fingerprint density at radius 3 is 2.65 bits per heavy atom. The van der Waals surface area contributed by atoms with Crippen LogP contribution in [0.25, 0.3) is 0 Å². The number of amides is 1. The van der Waals surface area contributed by atoms with Gasteiger partial charge in [0.25, 0.3) is 0 Å². The number of nitrogens with zero attached hydrogens (tertiary/aromatic N) is 1. The van der Waals surface area contributed by atoms with Gasteiger partial charge in [0.15, 0.2) is 0 Å². The molecule has 0 bridgehead atoms. The van der Waals surface area contributed by atoms with E-state index < -0.39 is 5.97 Å². The number of carboxylic acids is 1. The highest BCUT2D eigenvalue weighted by Gasteiger charge is 2.39. The summed E-state index contributed by atoms with van der Waals surface area (Å²) in [5.74, 6) is -0.914. The number of rotatable bonds is 4. The number of hydrogen-bond acceptors (Lipinski definition) is 3. The molecule has 98 valence electrons. The predicted octanol–water partition coefficient (Wildman–Crippen LogP) is 0.839. The minimum absolute atomic E-state index is 0.0295. The maximum atomic E-state index is 12.0. The van der Waals surface area contributed by atoms with Crippen LogP contribution < -0.4 is 5.32 Å². The summed E-state index contributed by atoms with van der Waals surface area (Å²) in [5, 5.41) is 11.6. The summed E-state index contributed by atoms with van der Waals surface area (Å²) < 4.78 is 0. The van der Waals surface area contributed by atoms with Gasteiger partial charge in [-0.3, -0.25) is 14.5 Å². The third-order valence-electron chi connectivity index (χ3n) is 3.04. The molecular formula is C12H22N2O3. The number of nitrogens with one attached hydrogen (secondary N) is 1. The molecule has 1 saturated heterocycles. The van der Waals surface area contributed by atoms with Crippen LogP contribution in [0, 0.1) is 0 Å². The average Bonchev–Trinajstić information content (AvgIpc) is 2.13. The van der Waals surface area contributed by atoms with Crippen molar-refractivity contribution in [1.29, 1.82) is 0 Å². The van der Waals surface area contributed by atoms with Crippen molar-refractivity contribution in [2.24, 2.45) is 0 Å². The smallest absolute Gasteiger partial charge is 0.303 e. The van der Waals surface area contributed by atoms with E-state index in [9.17, 15) is 9.59 Å². The SMILES string of the molecule is CC(C)N1CC(C)(C)NC(=O)C1CCC(=O)O. The maximum Gasteiger partial charge on any atom is 0.303 e. The van der Waals surface area contributed by atoms with Gasteiger partial charge in [0.1, 0.15) is 0 Å². The summed E-state index contributed by atoms with van der Waals surface area (Å²) >= 11 is 0. The fraction of sp³-hybridized carbons (Fsp3) is 0.833. The molecule has 0 aromatic heterocycles. The van der Waals surface area contributed by atoms with Crippen molar-refractivity contribution >= 4 is 11.9 Å². The van der Waals surface area contributed by atoms with Crippen LogP contribution in [-0.4, -0.2) is 46.1 Å². The van der Waals surface area contributed by atoms with Gasteiger partial charge >= 0.3 is 5.97 Å². The third-order valence-corrected chi connectivity index (χ3v) is 3.04. The van der Waals surface area contributed by atoms with Gasteiger partial charge in [-0.05, 0) is 34.1 Å². The first-order valence-electron chi connectivity index (χ1n) is 6.02. The van der Waals surface area contributed by atoms with Crippen LogP contribution in [0.1, 0.15) is 40.5 Å². The summed E-state index contributed by atoms with van der Waals surface area (Å²) in [6.45, 7) is 8.77. The number of hydrogen-bond donors (Lipinski definition) is 2. The maximum absolute atomic E-state index is 12.0. The topological polar surface area (TPSA) is 69.6 Å². The number of carbonyl (C=O) groups excluding carboxylic acids is 1. The minimum atomic E-state index is -0.855. The Morgan fingerprint density at radius 1 is 1.59 bits per heavy atom. The molecule has 5 nitrogen and oxygen atoms in total. The van der Waals surface area contributed by atoms with E-state index >= 15 is 0 Å². The van der Waals surface area contributed by atoms with Crippen LogP contribution in [0.4, 0.5) is 0 Å². The Balaban J connectivity index is 2.77. The number of carboxylic acid groups (broad SMARTS) is 1. The number of carbonyl (C=O) groups is 2. The van der Waals surface area contributed by atoms with Gasteiger partial charge in [-0.25, -0.2) is 0 Å². The lowest BCUT2D eigenvalue weighted by Crippen LogP contribution is -2.66. The Hall–Kier alpha value is -1.10. The van der Waals surface area contributed by atoms with E-state index in [-0.39, 0.29) is 30.0 Å². The van der Waals surface area contributed by atoms with Crippen molar-refractivity contribution in [3.63, 3.8) is 0 Å². The van der Waals surface area contributed by atoms with Gasteiger partial charge in [0.05, 0.1) is 6.04 Å². The molecule has 1 aliphatic rings. The lowest BCUT2D eigenvalue weighted by molar-refractivity contribution is -0.139. The highest BCUT2D eigenvalue weighted by atomic mass is 16.4. The predicted molar refractivity (Wildman–Crippen MR) is 64.7 cm³/mol. The van der Waals surface area contributed by atoms with Gasteiger partial charge in [0, 0.05) is 24.5 Å². The monoisotopic (exact) mass is 242 g/mol. The van der Waals surface area contributed by atoms with Gasteiger partial charge in [-0.1, -0.05) is 0 Å². The van der Waals surface area contributed by atoms with Gasteiger partial charge in [0.2, 0.25) is 5.91 Å². The van der Waals surface area contributed by atoms with E-state index in [1.54, 1.807) is 0 Å². The highest BCUT2D eigenvalue weighted by molar-refractivity contribution is 5.84. The van der Waals surface area contributed by atoms with Gasteiger partial charge in [-0.15, -0.1) is 0 Å². The minimum Gasteiger partial charge on any atom is -0.481 e. The third kappa shape index (κ3) is 3.70. The largest absolute Gasteiger partial charge is 0.481 e. The summed E-state index contributed by atoms with van der Waals surface area (Å²) in [5.41, 5.74) is -0.249. The van der Waals surface area contributed by atoms with E-state index in [2.05, 4.69) is 10.2 Å². The molecule has 17 heavy (non-hydrogen) atoms. The van der Waals surface area contributed by atoms with E-state index in [0.717, 1.165) is 6.54 Å². The molecule has 0 aromatic rings. The van der Waals surface area contributed by atoms with E-state index in [1.165, 1.54) is 0 Å². The Morgan fingerprint density at radius 2 is 2.18 bits per heavy atom. The fourth-order valence-electron chi connectivity index (χ4n) is 2.27. The van der Waals surface area contributed by atoms with E-state index in [0.29, 0.717) is 6.42 Å². The molecule has 1 heterocycles. The highest BCUT2D eigenvalue weighted by Crippen LogP contribution is 2.21. The molecule has 0 radical (unpaired) electrons. The molecule has 0 aliphatic carbocycles. The Bertz CT molecular complexity index is 313. The Labute approximate surface area is 102 Å². The van der Waals surface area contributed by atoms with Crippen LogP contribution in [0.5, 0.6) is 0 Å². The van der Waals surface area contributed by atoms with Crippen LogP contribution in [0.3, 0.4) is 0 Å². The summed E-state index contributed by atoms with van der Waals surface area (Å²) in [6, 6.07) is -0.0850. The fourth-order valence-corrected chi connectivity index (χ4v) is 2.27. The van der Waals surface area contributed by atoms with Crippen LogP contribution >= 0.6 is 0 Å².